The highest BCUT2D eigenvalue weighted by molar-refractivity contribution is 5.82. The summed E-state index contributed by atoms with van der Waals surface area (Å²) in [5.74, 6) is -2.87. The van der Waals surface area contributed by atoms with Crippen LogP contribution in [0.4, 0.5) is 30.7 Å². The van der Waals surface area contributed by atoms with Gasteiger partial charge in [0.15, 0.2) is 0 Å². The molecule has 1 aliphatic heterocycles. The van der Waals surface area contributed by atoms with Crippen LogP contribution in [0.2, 0.25) is 0 Å². The molecule has 212 valence electrons. The van der Waals surface area contributed by atoms with E-state index in [1.54, 1.807) is 6.92 Å². The maximum atomic E-state index is 13.9. The van der Waals surface area contributed by atoms with E-state index in [4.69, 9.17) is 0 Å². The molecule has 2 amide bonds. The van der Waals surface area contributed by atoms with Crippen LogP contribution in [0.3, 0.4) is 0 Å². The Bertz CT molecular complexity index is 1210. The van der Waals surface area contributed by atoms with Crippen molar-refractivity contribution in [1.82, 2.24) is 9.80 Å². The molecular formula is C27H27F7N2O3. The second kappa shape index (κ2) is 10.8. The zero-order valence-corrected chi connectivity index (χ0v) is 20.9. The molecule has 1 saturated carbocycles. The van der Waals surface area contributed by atoms with Gasteiger partial charge in [-0.3, -0.25) is 9.59 Å². The molecule has 1 aliphatic carbocycles. The van der Waals surface area contributed by atoms with Crippen LogP contribution in [0.1, 0.15) is 53.0 Å². The van der Waals surface area contributed by atoms with Crippen molar-refractivity contribution in [2.45, 2.75) is 57.0 Å². The van der Waals surface area contributed by atoms with Crippen molar-refractivity contribution in [2.75, 3.05) is 19.7 Å². The Labute approximate surface area is 220 Å². The number of amides is 2. The molecule has 2 atom stereocenters. The summed E-state index contributed by atoms with van der Waals surface area (Å²) in [4.78, 5) is 28.8. The standard InChI is InChI=1S/C27H27F7N2O3/c1-15-8-19(28)2-5-21(15)23-13-35(24(38)14-37)7-6-22(23)25(39)36(20-3-4-20)12-16-9-17(26(29,30)31)11-18(10-16)27(32,33)34/h2,5,8-11,20,22-23,37H,3-4,6-7,12-14H2,1H3/t22-,23+/m1/s1. The Morgan fingerprint density at radius 1 is 0.974 bits per heavy atom. The lowest BCUT2D eigenvalue weighted by molar-refractivity contribution is -0.144. The van der Waals surface area contributed by atoms with E-state index in [2.05, 4.69) is 0 Å². The van der Waals surface area contributed by atoms with Crippen LogP contribution < -0.4 is 0 Å². The van der Waals surface area contributed by atoms with E-state index >= 15 is 0 Å². The summed E-state index contributed by atoms with van der Waals surface area (Å²) in [6, 6.07) is 4.97. The van der Waals surface area contributed by atoms with E-state index in [0.717, 1.165) is 0 Å². The number of alkyl halides is 6. The number of benzene rings is 2. The molecule has 12 heteroatoms. The average Bonchev–Trinajstić information content (AvgIpc) is 3.70. The first-order valence-electron chi connectivity index (χ1n) is 12.4. The summed E-state index contributed by atoms with van der Waals surface area (Å²) in [6.07, 6.45) is -8.76. The van der Waals surface area contributed by atoms with Gasteiger partial charge in [-0.25, -0.2) is 4.39 Å². The summed E-state index contributed by atoms with van der Waals surface area (Å²) in [6.45, 7) is 0.641. The first kappa shape index (κ1) is 28.8. The van der Waals surface area contributed by atoms with E-state index in [9.17, 15) is 45.4 Å². The minimum absolute atomic E-state index is 0.0442. The fourth-order valence-corrected chi connectivity index (χ4v) is 5.24. The molecule has 1 N–H and O–H groups in total. The Hall–Kier alpha value is -3.15. The second-order valence-electron chi connectivity index (χ2n) is 10.1. The van der Waals surface area contributed by atoms with Gasteiger partial charge in [-0.05, 0) is 73.2 Å². The normalized spacial score (nSPS) is 20.2. The van der Waals surface area contributed by atoms with Crippen molar-refractivity contribution in [1.29, 1.82) is 0 Å². The van der Waals surface area contributed by atoms with Gasteiger partial charge in [0.25, 0.3) is 0 Å². The number of carbonyl (C=O) groups excluding carboxylic acids is 2. The number of piperidine rings is 1. The number of aryl methyl sites for hydroxylation is 1. The van der Waals surface area contributed by atoms with E-state index in [1.807, 2.05) is 0 Å². The summed E-state index contributed by atoms with van der Waals surface area (Å²) >= 11 is 0. The molecular weight excluding hydrogens is 533 g/mol. The Kier molecular flexibility index (Phi) is 7.98. The fourth-order valence-electron chi connectivity index (χ4n) is 5.24. The number of hydrogen-bond donors (Lipinski definition) is 1. The quantitative estimate of drug-likeness (QED) is 0.489. The molecule has 0 radical (unpaired) electrons. The highest BCUT2D eigenvalue weighted by Gasteiger charge is 2.43. The van der Waals surface area contributed by atoms with Gasteiger partial charge in [0.1, 0.15) is 12.4 Å². The van der Waals surface area contributed by atoms with Crippen molar-refractivity contribution < 1.29 is 45.4 Å². The molecule has 2 fully saturated rings. The lowest BCUT2D eigenvalue weighted by atomic mass is 9.78. The molecule has 1 heterocycles. The van der Waals surface area contributed by atoms with Crippen LogP contribution in [0, 0.1) is 18.7 Å². The van der Waals surface area contributed by atoms with E-state index in [0.29, 0.717) is 36.1 Å². The van der Waals surface area contributed by atoms with Crippen molar-refractivity contribution in [3.05, 3.63) is 70.0 Å². The first-order valence-corrected chi connectivity index (χ1v) is 12.4. The van der Waals surface area contributed by atoms with Gasteiger partial charge in [-0.1, -0.05) is 6.07 Å². The highest BCUT2D eigenvalue weighted by Crippen LogP contribution is 2.40. The zero-order valence-electron chi connectivity index (χ0n) is 20.9. The van der Waals surface area contributed by atoms with Crippen molar-refractivity contribution in [3.63, 3.8) is 0 Å². The van der Waals surface area contributed by atoms with Crippen LogP contribution >= 0.6 is 0 Å². The summed E-state index contributed by atoms with van der Waals surface area (Å²) in [7, 11) is 0. The molecule has 4 rings (SSSR count). The SMILES string of the molecule is Cc1cc(F)ccc1[C@@H]1CN(C(=O)CO)CC[C@H]1C(=O)N(Cc1cc(C(F)(F)F)cc(C(F)(F)F)c1)C1CC1. The Morgan fingerprint density at radius 3 is 2.10 bits per heavy atom. The second-order valence-corrected chi connectivity index (χ2v) is 10.1. The third-order valence-electron chi connectivity index (χ3n) is 7.32. The van der Waals surface area contributed by atoms with Crippen molar-refractivity contribution in [3.8, 4) is 0 Å². The van der Waals surface area contributed by atoms with Crippen molar-refractivity contribution >= 4 is 11.8 Å². The monoisotopic (exact) mass is 560 g/mol. The molecule has 0 bridgehead atoms. The summed E-state index contributed by atoms with van der Waals surface area (Å²) in [5.41, 5.74) is -2.07. The van der Waals surface area contributed by atoms with E-state index in [-0.39, 0.29) is 37.2 Å². The molecule has 2 aromatic rings. The number of likely N-dealkylation sites (tertiary alicyclic amines) is 1. The maximum absolute atomic E-state index is 13.9. The fraction of sp³-hybridized carbons (Fsp3) is 0.481. The average molecular weight is 561 g/mol. The molecule has 5 nitrogen and oxygen atoms in total. The smallest absolute Gasteiger partial charge is 0.387 e. The molecule has 1 saturated heterocycles. The number of aliphatic hydroxyl groups excluding tert-OH is 1. The van der Waals surface area contributed by atoms with Crippen molar-refractivity contribution in [2.24, 2.45) is 5.92 Å². The van der Waals surface area contributed by atoms with Crippen LogP contribution in [-0.4, -0.2) is 52.5 Å². The minimum atomic E-state index is -5.01. The number of hydrogen-bond acceptors (Lipinski definition) is 3. The lowest BCUT2D eigenvalue weighted by Crippen LogP contribution is -2.49. The van der Waals surface area contributed by atoms with Crippen LogP contribution in [0.15, 0.2) is 36.4 Å². The van der Waals surface area contributed by atoms with Crippen LogP contribution in [0.25, 0.3) is 0 Å². The molecule has 39 heavy (non-hydrogen) atoms. The Morgan fingerprint density at radius 2 is 1.59 bits per heavy atom. The van der Waals surface area contributed by atoms with Crippen LogP contribution in [-0.2, 0) is 28.5 Å². The molecule has 0 unspecified atom stereocenters. The number of halogens is 7. The third-order valence-corrected chi connectivity index (χ3v) is 7.32. The van der Waals surface area contributed by atoms with Gasteiger partial charge < -0.3 is 14.9 Å². The third kappa shape index (κ3) is 6.54. The van der Waals surface area contributed by atoms with Crippen LogP contribution in [0.5, 0.6) is 0 Å². The highest BCUT2D eigenvalue weighted by atomic mass is 19.4. The first-order chi connectivity index (χ1) is 18.2. The van der Waals surface area contributed by atoms with Gasteiger partial charge >= 0.3 is 12.4 Å². The molecule has 0 aromatic heterocycles. The van der Waals surface area contributed by atoms with Gasteiger partial charge in [-0.15, -0.1) is 0 Å². The molecule has 0 spiro atoms. The number of nitrogens with zero attached hydrogens (tertiary/aromatic N) is 2. The predicted molar refractivity (Wildman–Crippen MR) is 126 cm³/mol. The predicted octanol–water partition coefficient (Wildman–Crippen LogP) is 5.29. The molecule has 2 aromatic carbocycles. The maximum Gasteiger partial charge on any atom is 0.416 e. The van der Waals surface area contributed by atoms with Gasteiger partial charge in [0.2, 0.25) is 11.8 Å². The van der Waals surface area contributed by atoms with Gasteiger partial charge in [-0.2, -0.15) is 26.3 Å². The molecule has 2 aliphatic rings. The number of carbonyl (C=O) groups is 2. The van der Waals surface area contributed by atoms with E-state index < -0.39 is 66.1 Å². The number of aliphatic hydroxyl groups is 1. The summed E-state index contributed by atoms with van der Waals surface area (Å²) < 4.78 is 94.2. The zero-order chi connectivity index (χ0) is 28.7. The van der Waals surface area contributed by atoms with E-state index in [1.165, 1.54) is 28.0 Å². The van der Waals surface area contributed by atoms with Gasteiger partial charge in [0, 0.05) is 37.5 Å². The topological polar surface area (TPSA) is 60.9 Å². The lowest BCUT2D eigenvalue weighted by Gasteiger charge is -2.40. The van der Waals surface area contributed by atoms with Gasteiger partial charge in [0.05, 0.1) is 11.1 Å². The largest absolute Gasteiger partial charge is 0.416 e. The number of rotatable bonds is 6. The Balaban J connectivity index is 1.69. The summed E-state index contributed by atoms with van der Waals surface area (Å²) in [5, 5.41) is 9.33. The minimum Gasteiger partial charge on any atom is -0.387 e.